The minimum atomic E-state index is -1.15. The standard InChI is InChI=1S/C21H30O6/c1-2-3-4-5-6-10-13-24-21-18(23)17(22)19-16(26-21)14-25-20(27-19)15-11-8-7-9-12-15/h2,7-9,11-12,16-23H,1,3-6,10,13-14H2/t16?,17?,18?,19-,20?,21+/m0/s1. The number of benzene rings is 1. The zero-order chi connectivity index (χ0) is 19.1. The summed E-state index contributed by atoms with van der Waals surface area (Å²) in [6.45, 7) is 4.47. The maximum atomic E-state index is 10.5. The number of aliphatic hydroxyl groups excluding tert-OH is 2. The van der Waals surface area contributed by atoms with Gasteiger partial charge in [-0.1, -0.05) is 49.2 Å². The van der Waals surface area contributed by atoms with E-state index in [1.165, 1.54) is 0 Å². The van der Waals surface area contributed by atoms with Crippen molar-refractivity contribution < 1.29 is 29.2 Å². The van der Waals surface area contributed by atoms with Crippen molar-refractivity contribution in [3.63, 3.8) is 0 Å². The SMILES string of the molecule is C=CCCCCCCO[C@@H]1OC2COC(c3ccccc3)O[C@@H]2C(O)C1O. The summed E-state index contributed by atoms with van der Waals surface area (Å²) in [4.78, 5) is 0. The van der Waals surface area contributed by atoms with Crippen molar-refractivity contribution in [1.82, 2.24) is 0 Å². The molecule has 2 saturated heterocycles. The molecule has 150 valence electrons. The second-order valence-electron chi connectivity index (χ2n) is 7.06. The largest absolute Gasteiger partial charge is 0.387 e. The van der Waals surface area contributed by atoms with Gasteiger partial charge in [-0.05, 0) is 19.3 Å². The lowest BCUT2D eigenvalue weighted by Crippen LogP contribution is -2.62. The predicted octanol–water partition coefficient (Wildman–Crippen LogP) is 2.70. The molecule has 6 nitrogen and oxygen atoms in total. The minimum absolute atomic E-state index is 0.273. The molecule has 2 N–H and O–H groups in total. The van der Waals surface area contributed by atoms with Crippen molar-refractivity contribution in [3.05, 3.63) is 48.6 Å². The number of fused-ring (bicyclic) bond motifs is 1. The van der Waals surface area contributed by atoms with Crippen molar-refractivity contribution in [1.29, 1.82) is 0 Å². The minimum Gasteiger partial charge on any atom is -0.387 e. The number of unbranched alkanes of at least 4 members (excludes halogenated alkanes) is 4. The van der Waals surface area contributed by atoms with Gasteiger partial charge in [0.2, 0.25) is 0 Å². The Kier molecular flexibility index (Phi) is 7.81. The zero-order valence-corrected chi connectivity index (χ0v) is 15.6. The van der Waals surface area contributed by atoms with Crippen LogP contribution in [0.15, 0.2) is 43.0 Å². The smallest absolute Gasteiger partial charge is 0.186 e. The molecule has 0 aliphatic carbocycles. The second-order valence-corrected chi connectivity index (χ2v) is 7.06. The molecule has 0 saturated carbocycles. The molecule has 0 amide bonds. The second kappa shape index (κ2) is 10.3. The van der Waals surface area contributed by atoms with E-state index in [4.69, 9.17) is 18.9 Å². The number of hydrogen-bond donors (Lipinski definition) is 2. The highest BCUT2D eigenvalue weighted by molar-refractivity contribution is 5.16. The van der Waals surface area contributed by atoms with Crippen molar-refractivity contribution in [2.75, 3.05) is 13.2 Å². The van der Waals surface area contributed by atoms with Crippen molar-refractivity contribution >= 4 is 0 Å². The highest BCUT2D eigenvalue weighted by Crippen LogP contribution is 2.34. The molecular weight excluding hydrogens is 348 g/mol. The first-order chi connectivity index (χ1) is 13.2. The van der Waals surface area contributed by atoms with Crippen molar-refractivity contribution in [3.8, 4) is 0 Å². The van der Waals surface area contributed by atoms with E-state index in [0.29, 0.717) is 6.61 Å². The molecule has 1 aromatic rings. The average molecular weight is 378 g/mol. The summed E-state index contributed by atoms with van der Waals surface area (Å²) in [5.74, 6) is 0. The van der Waals surface area contributed by atoms with E-state index in [2.05, 4.69) is 6.58 Å². The fourth-order valence-electron chi connectivity index (χ4n) is 3.44. The molecule has 1 aromatic carbocycles. The van der Waals surface area contributed by atoms with Crippen molar-refractivity contribution in [2.45, 2.75) is 69.1 Å². The molecule has 4 unspecified atom stereocenters. The highest BCUT2D eigenvalue weighted by Gasteiger charge is 2.49. The summed E-state index contributed by atoms with van der Waals surface area (Å²) in [6, 6.07) is 9.52. The summed E-state index contributed by atoms with van der Waals surface area (Å²) in [5, 5.41) is 20.9. The van der Waals surface area contributed by atoms with Crippen LogP contribution in [0.25, 0.3) is 0 Å². The van der Waals surface area contributed by atoms with E-state index < -0.39 is 37.0 Å². The van der Waals surface area contributed by atoms with E-state index in [-0.39, 0.29) is 6.61 Å². The Morgan fingerprint density at radius 1 is 1.04 bits per heavy atom. The Bertz CT molecular complexity index is 563. The van der Waals surface area contributed by atoms with Crippen LogP contribution < -0.4 is 0 Å². The Morgan fingerprint density at radius 2 is 1.81 bits per heavy atom. The van der Waals surface area contributed by atoms with Gasteiger partial charge in [0.1, 0.15) is 24.4 Å². The van der Waals surface area contributed by atoms with Gasteiger partial charge in [-0.15, -0.1) is 6.58 Å². The Labute approximate surface area is 160 Å². The van der Waals surface area contributed by atoms with E-state index in [9.17, 15) is 10.2 Å². The predicted molar refractivity (Wildman–Crippen MR) is 99.9 cm³/mol. The highest BCUT2D eigenvalue weighted by atomic mass is 16.8. The fraction of sp³-hybridized carbons (Fsp3) is 0.619. The molecule has 0 spiro atoms. The van der Waals surface area contributed by atoms with Crippen LogP contribution in [-0.4, -0.2) is 54.1 Å². The van der Waals surface area contributed by atoms with Gasteiger partial charge in [0.25, 0.3) is 0 Å². The van der Waals surface area contributed by atoms with Gasteiger partial charge in [-0.25, -0.2) is 0 Å². The third-order valence-corrected chi connectivity index (χ3v) is 4.99. The van der Waals surface area contributed by atoms with E-state index >= 15 is 0 Å². The lowest BCUT2D eigenvalue weighted by Gasteiger charge is -2.46. The van der Waals surface area contributed by atoms with Crippen LogP contribution in [-0.2, 0) is 18.9 Å². The molecule has 2 heterocycles. The molecule has 0 aromatic heterocycles. The van der Waals surface area contributed by atoms with Gasteiger partial charge in [-0.3, -0.25) is 0 Å². The van der Waals surface area contributed by atoms with Crippen LogP contribution in [0.2, 0.25) is 0 Å². The van der Waals surface area contributed by atoms with Gasteiger partial charge in [0, 0.05) is 12.2 Å². The first-order valence-electron chi connectivity index (χ1n) is 9.77. The molecular formula is C21H30O6. The molecule has 27 heavy (non-hydrogen) atoms. The van der Waals surface area contributed by atoms with E-state index in [1.54, 1.807) is 0 Å². The maximum Gasteiger partial charge on any atom is 0.186 e. The maximum absolute atomic E-state index is 10.5. The Hall–Kier alpha value is -1.28. The lowest BCUT2D eigenvalue weighted by atomic mass is 9.98. The number of aliphatic hydroxyl groups is 2. The Morgan fingerprint density at radius 3 is 2.59 bits per heavy atom. The fourth-order valence-corrected chi connectivity index (χ4v) is 3.44. The number of hydrogen-bond acceptors (Lipinski definition) is 6. The summed E-state index contributed by atoms with van der Waals surface area (Å²) >= 11 is 0. The van der Waals surface area contributed by atoms with Crippen LogP contribution in [0, 0.1) is 0 Å². The van der Waals surface area contributed by atoms with E-state index in [0.717, 1.165) is 37.7 Å². The number of allylic oxidation sites excluding steroid dienone is 1. The van der Waals surface area contributed by atoms with E-state index in [1.807, 2.05) is 36.4 Å². The molecule has 6 atom stereocenters. The topological polar surface area (TPSA) is 77.4 Å². The van der Waals surface area contributed by atoms with Crippen LogP contribution in [0.1, 0.15) is 44.0 Å². The molecule has 2 aliphatic heterocycles. The monoisotopic (exact) mass is 378 g/mol. The summed E-state index contributed by atoms with van der Waals surface area (Å²) < 4.78 is 23.1. The van der Waals surface area contributed by atoms with Gasteiger partial charge in [0.05, 0.1) is 6.61 Å². The van der Waals surface area contributed by atoms with Gasteiger partial charge < -0.3 is 29.2 Å². The zero-order valence-electron chi connectivity index (χ0n) is 15.6. The first-order valence-corrected chi connectivity index (χ1v) is 9.77. The van der Waals surface area contributed by atoms with Crippen LogP contribution in [0.4, 0.5) is 0 Å². The normalized spacial score (nSPS) is 33.4. The van der Waals surface area contributed by atoms with Gasteiger partial charge >= 0.3 is 0 Å². The third kappa shape index (κ3) is 5.38. The van der Waals surface area contributed by atoms with Crippen LogP contribution in [0.5, 0.6) is 0 Å². The molecule has 0 bridgehead atoms. The summed E-state index contributed by atoms with van der Waals surface area (Å²) in [7, 11) is 0. The molecule has 0 radical (unpaired) electrons. The van der Waals surface area contributed by atoms with Crippen LogP contribution >= 0.6 is 0 Å². The first kappa shape index (κ1) is 20.5. The quantitative estimate of drug-likeness (QED) is 0.508. The molecule has 6 heteroatoms. The third-order valence-electron chi connectivity index (χ3n) is 4.99. The molecule has 2 aliphatic rings. The van der Waals surface area contributed by atoms with Gasteiger partial charge in [-0.2, -0.15) is 0 Å². The summed E-state index contributed by atoms with van der Waals surface area (Å²) in [5.41, 5.74) is 0.868. The Balaban J connectivity index is 1.46. The van der Waals surface area contributed by atoms with Crippen LogP contribution in [0.3, 0.4) is 0 Å². The molecule has 2 fully saturated rings. The number of ether oxygens (including phenoxy) is 4. The van der Waals surface area contributed by atoms with Gasteiger partial charge in [0.15, 0.2) is 12.6 Å². The average Bonchev–Trinajstić information content (AvgIpc) is 2.71. The lowest BCUT2D eigenvalue weighted by molar-refractivity contribution is -0.361. The van der Waals surface area contributed by atoms with Crippen molar-refractivity contribution in [2.24, 2.45) is 0 Å². The number of rotatable bonds is 9. The molecule has 3 rings (SSSR count). The summed E-state index contributed by atoms with van der Waals surface area (Å²) in [6.07, 6.45) is 2.34.